The van der Waals surface area contributed by atoms with E-state index >= 15 is 0 Å². The smallest absolute Gasteiger partial charge is 0.326 e. The Hall–Kier alpha value is -3.26. The standard InChI is InChI=1S/C18H30N6O8/c19-13(26)5-3-10(22-15(28)9-2-1-7-21-9)16(29)24-12(8-25)17(30)23-11(18(31)32)4-6-14(20)27/h9-12,21,25H,1-8H2,(H2,19,26)(H2,20,27)(H,22,28)(H,23,30)(H,24,29)(H,31,32). The lowest BCUT2D eigenvalue weighted by Crippen LogP contribution is -2.58. The van der Waals surface area contributed by atoms with Gasteiger partial charge in [-0.05, 0) is 32.2 Å². The van der Waals surface area contributed by atoms with E-state index in [9.17, 15) is 39.0 Å². The molecule has 1 saturated heterocycles. The van der Waals surface area contributed by atoms with Crippen molar-refractivity contribution in [1.82, 2.24) is 21.3 Å². The number of aliphatic hydroxyl groups excluding tert-OH is 1. The molecule has 0 saturated carbocycles. The molecule has 0 aliphatic carbocycles. The highest BCUT2D eigenvalue weighted by atomic mass is 16.4. The number of hydrogen-bond acceptors (Lipinski definition) is 8. The van der Waals surface area contributed by atoms with Crippen molar-refractivity contribution >= 4 is 35.5 Å². The van der Waals surface area contributed by atoms with Gasteiger partial charge in [0, 0.05) is 12.8 Å². The second kappa shape index (κ2) is 13.2. The lowest BCUT2D eigenvalue weighted by atomic mass is 10.1. The molecule has 1 aliphatic heterocycles. The molecule has 0 bridgehead atoms. The van der Waals surface area contributed by atoms with Crippen LogP contribution in [0.4, 0.5) is 0 Å². The average Bonchev–Trinajstić information content (AvgIpc) is 3.26. The van der Waals surface area contributed by atoms with Crippen LogP contribution in [-0.2, 0) is 28.8 Å². The Kier molecular flexibility index (Phi) is 11.1. The van der Waals surface area contributed by atoms with E-state index < -0.39 is 66.3 Å². The van der Waals surface area contributed by atoms with E-state index in [0.29, 0.717) is 13.0 Å². The van der Waals surface area contributed by atoms with Crippen molar-refractivity contribution in [3.8, 4) is 0 Å². The minimum absolute atomic E-state index is 0.143. The fourth-order valence-corrected chi connectivity index (χ4v) is 3.02. The summed E-state index contributed by atoms with van der Waals surface area (Å²) in [5.41, 5.74) is 10.1. The van der Waals surface area contributed by atoms with Crippen LogP contribution in [0.1, 0.15) is 38.5 Å². The van der Waals surface area contributed by atoms with Gasteiger partial charge in [-0.15, -0.1) is 0 Å². The van der Waals surface area contributed by atoms with E-state index in [1.165, 1.54) is 0 Å². The van der Waals surface area contributed by atoms with Crippen molar-refractivity contribution in [1.29, 1.82) is 0 Å². The highest BCUT2D eigenvalue weighted by Crippen LogP contribution is 2.07. The molecule has 180 valence electrons. The monoisotopic (exact) mass is 458 g/mol. The van der Waals surface area contributed by atoms with Gasteiger partial charge in [0.05, 0.1) is 12.6 Å². The number of primary amides is 2. The molecule has 1 heterocycles. The van der Waals surface area contributed by atoms with Crippen molar-refractivity contribution in [3.05, 3.63) is 0 Å². The summed E-state index contributed by atoms with van der Waals surface area (Å²) in [5.74, 6) is -5.24. The molecular formula is C18H30N6O8. The van der Waals surface area contributed by atoms with Crippen molar-refractivity contribution in [2.45, 2.75) is 62.7 Å². The third kappa shape index (κ3) is 9.26. The number of aliphatic hydroxyl groups is 1. The SMILES string of the molecule is NC(=O)CCC(NC(=O)C(CO)NC(=O)C(CCC(N)=O)NC(=O)C1CCCN1)C(=O)O. The van der Waals surface area contributed by atoms with Crippen LogP contribution in [0.2, 0.25) is 0 Å². The fraction of sp³-hybridized carbons (Fsp3) is 0.667. The maximum Gasteiger partial charge on any atom is 0.326 e. The summed E-state index contributed by atoms with van der Waals surface area (Å²) in [6, 6.07) is -4.74. The molecule has 0 radical (unpaired) electrons. The average molecular weight is 458 g/mol. The largest absolute Gasteiger partial charge is 0.480 e. The van der Waals surface area contributed by atoms with Gasteiger partial charge in [0.25, 0.3) is 0 Å². The molecule has 32 heavy (non-hydrogen) atoms. The summed E-state index contributed by atoms with van der Waals surface area (Å²) in [5, 5.41) is 28.5. The Labute approximate surface area is 183 Å². The Morgan fingerprint density at radius 2 is 1.41 bits per heavy atom. The molecule has 10 N–H and O–H groups in total. The molecule has 0 spiro atoms. The first-order chi connectivity index (χ1) is 15.0. The molecule has 1 fully saturated rings. The van der Waals surface area contributed by atoms with E-state index in [4.69, 9.17) is 11.5 Å². The van der Waals surface area contributed by atoms with Gasteiger partial charge in [-0.1, -0.05) is 0 Å². The summed E-state index contributed by atoms with van der Waals surface area (Å²) in [4.78, 5) is 70.6. The lowest BCUT2D eigenvalue weighted by Gasteiger charge is -2.24. The van der Waals surface area contributed by atoms with Crippen molar-refractivity contribution in [2.24, 2.45) is 11.5 Å². The number of nitrogens with two attached hydrogens (primary N) is 2. The topological polar surface area (TPSA) is 243 Å². The highest BCUT2D eigenvalue weighted by molar-refractivity contribution is 5.94. The molecular weight excluding hydrogens is 428 g/mol. The maximum absolute atomic E-state index is 12.6. The number of carboxylic acids is 1. The summed E-state index contributed by atoms with van der Waals surface area (Å²) >= 11 is 0. The number of carbonyl (C=O) groups excluding carboxylic acids is 5. The van der Waals surface area contributed by atoms with E-state index in [1.807, 2.05) is 0 Å². The number of carbonyl (C=O) groups is 6. The molecule has 1 rings (SSSR count). The highest BCUT2D eigenvalue weighted by Gasteiger charge is 2.31. The molecule has 5 amide bonds. The predicted octanol–water partition coefficient (Wildman–Crippen LogP) is -4.20. The summed E-state index contributed by atoms with van der Waals surface area (Å²) < 4.78 is 0. The second-order valence-electron chi connectivity index (χ2n) is 7.36. The van der Waals surface area contributed by atoms with Crippen LogP contribution in [0, 0.1) is 0 Å². The minimum atomic E-state index is -1.55. The van der Waals surface area contributed by atoms with Crippen molar-refractivity contribution < 1.29 is 39.0 Å². The third-order valence-electron chi connectivity index (χ3n) is 4.80. The van der Waals surface area contributed by atoms with Gasteiger partial charge in [0.1, 0.15) is 18.1 Å². The van der Waals surface area contributed by atoms with Crippen molar-refractivity contribution in [2.75, 3.05) is 13.2 Å². The van der Waals surface area contributed by atoms with Gasteiger partial charge in [-0.2, -0.15) is 0 Å². The number of rotatable bonds is 14. The number of carboxylic acid groups (broad SMARTS) is 1. The molecule has 0 aromatic heterocycles. The summed E-state index contributed by atoms with van der Waals surface area (Å²) in [7, 11) is 0. The molecule has 4 atom stereocenters. The summed E-state index contributed by atoms with van der Waals surface area (Å²) in [6.45, 7) is -0.232. The Balaban J connectivity index is 2.80. The first-order valence-corrected chi connectivity index (χ1v) is 10.1. The van der Waals surface area contributed by atoms with Gasteiger partial charge in [0.2, 0.25) is 29.5 Å². The zero-order chi connectivity index (χ0) is 24.3. The van der Waals surface area contributed by atoms with Crippen LogP contribution in [0.15, 0.2) is 0 Å². The van der Waals surface area contributed by atoms with Gasteiger partial charge in [0.15, 0.2) is 0 Å². The zero-order valence-corrected chi connectivity index (χ0v) is 17.5. The molecule has 14 heteroatoms. The van der Waals surface area contributed by atoms with Crippen LogP contribution >= 0.6 is 0 Å². The quantitative estimate of drug-likeness (QED) is 0.126. The van der Waals surface area contributed by atoms with Crippen LogP contribution in [-0.4, -0.2) is 83.0 Å². The van der Waals surface area contributed by atoms with E-state index in [2.05, 4.69) is 21.3 Å². The first-order valence-electron chi connectivity index (χ1n) is 10.1. The third-order valence-corrected chi connectivity index (χ3v) is 4.80. The van der Waals surface area contributed by atoms with Gasteiger partial charge >= 0.3 is 5.97 Å². The van der Waals surface area contributed by atoms with E-state index in [1.54, 1.807) is 0 Å². The fourth-order valence-electron chi connectivity index (χ4n) is 3.02. The lowest BCUT2D eigenvalue weighted by molar-refractivity contribution is -0.143. The molecule has 4 unspecified atom stereocenters. The van der Waals surface area contributed by atoms with E-state index in [-0.39, 0.29) is 25.7 Å². The normalized spacial score (nSPS) is 18.1. The molecule has 0 aromatic carbocycles. The molecule has 0 aromatic rings. The van der Waals surface area contributed by atoms with Gasteiger partial charge in [-0.3, -0.25) is 24.0 Å². The number of aliphatic carboxylic acids is 1. The van der Waals surface area contributed by atoms with Crippen LogP contribution < -0.4 is 32.7 Å². The first kappa shape index (κ1) is 26.8. The minimum Gasteiger partial charge on any atom is -0.480 e. The molecule has 1 aliphatic rings. The zero-order valence-electron chi connectivity index (χ0n) is 17.5. The van der Waals surface area contributed by atoms with Crippen molar-refractivity contribution in [3.63, 3.8) is 0 Å². The maximum atomic E-state index is 12.6. The van der Waals surface area contributed by atoms with Crippen LogP contribution in [0.5, 0.6) is 0 Å². The number of amides is 5. The Bertz CT molecular complexity index is 724. The van der Waals surface area contributed by atoms with E-state index in [0.717, 1.165) is 6.42 Å². The van der Waals surface area contributed by atoms with Crippen LogP contribution in [0.25, 0.3) is 0 Å². The number of nitrogens with one attached hydrogen (secondary N) is 4. The van der Waals surface area contributed by atoms with Crippen LogP contribution in [0.3, 0.4) is 0 Å². The second-order valence-corrected chi connectivity index (χ2v) is 7.36. The Morgan fingerprint density at radius 1 is 0.875 bits per heavy atom. The number of hydrogen-bond donors (Lipinski definition) is 8. The van der Waals surface area contributed by atoms with Gasteiger partial charge < -0.3 is 42.9 Å². The van der Waals surface area contributed by atoms with Gasteiger partial charge in [-0.25, -0.2) is 4.79 Å². The molecule has 14 nitrogen and oxygen atoms in total. The summed E-state index contributed by atoms with van der Waals surface area (Å²) in [6.07, 6.45) is 0.400. The Morgan fingerprint density at radius 3 is 1.88 bits per heavy atom. The predicted molar refractivity (Wildman–Crippen MR) is 108 cm³/mol.